The maximum atomic E-state index is 13.1. The van der Waals surface area contributed by atoms with Crippen molar-refractivity contribution in [1.82, 2.24) is 5.32 Å². The number of nitriles is 1. The normalized spacial score (nSPS) is 29.9. The summed E-state index contributed by atoms with van der Waals surface area (Å²) in [5.41, 5.74) is 2.87. The SMILES string of the molecule is COC(=O)[C@@]1(C#N)C(c2ccccc2)=C2NCCC23c2ccccc2NC31. The van der Waals surface area contributed by atoms with E-state index in [0.29, 0.717) is 0 Å². The van der Waals surface area contributed by atoms with E-state index in [1.165, 1.54) is 7.11 Å². The molecule has 2 aromatic rings. The smallest absolute Gasteiger partial charge is 0.333 e. The third-order valence-electron chi connectivity index (χ3n) is 6.29. The van der Waals surface area contributed by atoms with Crippen molar-refractivity contribution in [3.05, 3.63) is 71.4 Å². The highest BCUT2D eigenvalue weighted by atomic mass is 16.5. The Labute approximate surface area is 157 Å². The highest BCUT2D eigenvalue weighted by Crippen LogP contribution is 2.65. The van der Waals surface area contributed by atoms with Gasteiger partial charge in [-0.2, -0.15) is 5.26 Å². The Hall–Kier alpha value is -3.26. The molecule has 3 aliphatic rings. The molecular weight excluding hydrogens is 338 g/mol. The van der Waals surface area contributed by atoms with Crippen molar-refractivity contribution >= 4 is 17.2 Å². The molecule has 5 heteroatoms. The summed E-state index contributed by atoms with van der Waals surface area (Å²) in [6.07, 6.45) is 0.827. The second-order valence-corrected chi connectivity index (χ2v) is 7.30. The van der Waals surface area contributed by atoms with Crippen LogP contribution in [-0.2, 0) is 14.9 Å². The predicted molar refractivity (Wildman–Crippen MR) is 102 cm³/mol. The molecule has 2 N–H and O–H groups in total. The quantitative estimate of drug-likeness (QED) is 0.809. The zero-order valence-electron chi connectivity index (χ0n) is 15.0. The lowest BCUT2D eigenvalue weighted by molar-refractivity contribution is -0.147. The van der Waals surface area contributed by atoms with Gasteiger partial charge < -0.3 is 15.4 Å². The zero-order chi connectivity index (χ0) is 18.6. The van der Waals surface area contributed by atoms with Gasteiger partial charge in [0.05, 0.1) is 24.6 Å². The van der Waals surface area contributed by atoms with E-state index in [-0.39, 0.29) is 0 Å². The average Bonchev–Trinajstić information content (AvgIpc) is 3.35. The largest absolute Gasteiger partial charge is 0.468 e. The minimum absolute atomic E-state index is 0.403. The van der Waals surface area contributed by atoms with E-state index in [0.717, 1.165) is 41.1 Å². The highest BCUT2D eigenvalue weighted by Gasteiger charge is 2.71. The molecule has 1 aliphatic carbocycles. The number of anilines is 1. The molecule has 2 unspecified atom stereocenters. The standard InChI is InChI=1S/C22H19N3O2/c1-27-20(26)22(13-23)17(14-7-3-2-4-8-14)18-21(11-12-24-18)15-9-5-6-10-16(15)25-19(21)22/h2-10,19,24-25H,11-12H2,1H3/t19?,21?,22-/m0/s1. The van der Waals surface area contributed by atoms with Crippen LogP contribution in [0.3, 0.4) is 0 Å². The molecule has 0 saturated carbocycles. The summed E-state index contributed by atoms with van der Waals surface area (Å²) >= 11 is 0. The van der Waals surface area contributed by atoms with Gasteiger partial charge in [-0.3, -0.25) is 0 Å². The van der Waals surface area contributed by atoms with Gasteiger partial charge in [0.2, 0.25) is 5.41 Å². The molecule has 27 heavy (non-hydrogen) atoms. The van der Waals surface area contributed by atoms with Crippen molar-refractivity contribution in [1.29, 1.82) is 5.26 Å². The van der Waals surface area contributed by atoms with Crippen LogP contribution in [0.5, 0.6) is 0 Å². The molecule has 2 aromatic carbocycles. The Morgan fingerprint density at radius 1 is 1.19 bits per heavy atom. The first-order valence-corrected chi connectivity index (χ1v) is 9.10. The van der Waals surface area contributed by atoms with Crippen molar-refractivity contribution in [2.45, 2.75) is 17.9 Å². The molecule has 0 amide bonds. The Kier molecular flexibility index (Phi) is 3.17. The van der Waals surface area contributed by atoms with Crippen LogP contribution in [0.2, 0.25) is 0 Å². The molecule has 0 aromatic heterocycles. The topological polar surface area (TPSA) is 74.2 Å². The second kappa shape index (κ2) is 5.37. The first-order chi connectivity index (χ1) is 13.2. The predicted octanol–water partition coefficient (Wildman–Crippen LogP) is 2.82. The fraction of sp³-hybridized carbons (Fsp3) is 0.273. The summed E-state index contributed by atoms with van der Waals surface area (Å²) in [5.74, 6) is -0.516. The summed E-state index contributed by atoms with van der Waals surface area (Å²) in [6, 6.07) is 19.8. The molecule has 1 fully saturated rings. The summed E-state index contributed by atoms with van der Waals surface area (Å²) in [5, 5.41) is 17.4. The maximum Gasteiger partial charge on any atom is 0.333 e. The number of methoxy groups -OCH3 is 1. The molecule has 2 aliphatic heterocycles. The van der Waals surface area contributed by atoms with Gasteiger partial charge in [0.1, 0.15) is 0 Å². The summed E-state index contributed by atoms with van der Waals surface area (Å²) in [4.78, 5) is 13.1. The lowest BCUT2D eigenvalue weighted by Crippen LogP contribution is -2.50. The van der Waals surface area contributed by atoms with Crippen molar-refractivity contribution in [2.75, 3.05) is 19.0 Å². The number of fused-ring (bicyclic) bond motifs is 1. The van der Waals surface area contributed by atoms with Gasteiger partial charge in [0, 0.05) is 23.5 Å². The Bertz CT molecular complexity index is 1020. The van der Waals surface area contributed by atoms with E-state index < -0.39 is 22.8 Å². The van der Waals surface area contributed by atoms with Crippen LogP contribution in [-0.4, -0.2) is 25.7 Å². The van der Waals surface area contributed by atoms with E-state index in [4.69, 9.17) is 4.74 Å². The number of carbonyl (C=O) groups excluding carboxylic acids is 1. The number of hydrogen-bond donors (Lipinski definition) is 2. The maximum absolute atomic E-state index is 13.1. The van der Waals surface area contributed by atoms with Crippen LogP contribution in [0.25, 0.3) is 5.57 Å². The molecular formula is C22H19N3O2. The molecule has 1 saturated heterocycles. The third-order valence-corrected chi connectivity index (χ3v) is 6.29. The van der Waals surface area contributed by atoms with E-state index in [1.54, 1.807) is 0 Å². The van der Waals surface area contributed by atoms with Crippen LogP contribution in [0, 0.1) is 16.7 Å². The number of para-hydroxylation sites is 1. The fourth-order valence-corrected chi connectivity index (χ4v) is 5.31. The second-order valence-electron chi connectivity index (χ2n) is 7.30. The first-order valence-electron chi connectivity index (χ1n) is 9.10. The van der Waals surface area contributed by atoms with Gasteiger partial charge in [0.25, 0.3) is 0 Å². The van der Waals surface area contributed by atoms with Crippen molar-refractivity contribution in [2.24, 2.45) is 5.41 Å². The first kappa shape index (κ1) is 16.0. The van der Waals surface area contributed by atoms with E-state index >= 15 is 0 Å². The lowest BCUT2D eigenvalue weighted by Gasteiger charge is -2.33. The number of ether oxygens (including phenoxy) is 1. The van der Waals surface area contributed by atoms with E-state index in [2.05, 4.69) is 22.8 Å². The Morgan fingerprint density at radius 3 is 2.67 bits per heavy atom. The molecule has 134 valence electrons. The number of nitrogens with one attached hydrogen (secondary N) is 2. The summed E-state index contributed by atoms with van der Waals surface area (Å²) < 4.78 is 5.19. The van der Waals surface area contributed by atoms with Gasteiger partial charge in [-0.1, -0.05) is 48.5 Å². The number of esters is 1. The van der Waals surface area contributed by atoms with Crippen molar-refractivity contribution < 1.29 is 9.53 Å². The van der Waals surface area contributed by atoms with Crippen molar-refractivity contribution in [3.8, 4) is 6.07 Å². The van der Waals surface area contributed by atoms with Crippen LogP contribution < -0.4 is 10.6 Å². The molecule has 5 rings (SSSR count). The molecule has 0 bridgehead atoms. The van der Waals surface area contributed by atoms with E-state index in [9.17, 15) is 10.1 Å². The Morgan fingerprint density at radius 2 is 1.93 bits per heavy atom. The van der Waals surface area contributed by atoms with Gasteiger partial charge in [0.15, 0.2) is 0 Å². The minimum Gasteiger partial charge on any atom is -0.468 e. The van der Waals surface area contributed by atoms with Gasteiger partial charge >= 0.3 is 5.97 Å². The number of hydrogen-bond acceptors (Lipinski definition) is 5. The third kappa shape index (κ3) is 1.71. The van der Waals surface area contributed by atoms with Crippen LogP contribution >= 0.6 is 0 Å². The van der Waals surface area contributed by atoms with Gasteiger partial charge in [-0.25, -0.2) is 4.79 Å². The molecule has 5 nitrogen and oxygen atoms in total. The molecule has 3 atom stereocenters. The molecule has 2 heterocycles. The van der Waals surface area contributed by atoms with Crippen LogP contribution in [0.15, 0.2) is 60.3 Å². The number of rotatable bonds is 2. The minimum atomic E-state index is -1.42. The van der Waals surface area contributed by atoms with Gasteiger partial charge in [-0.05, 0) is 23.6 Å². The fourth-order valence-electron chi connectivity index (χ4n) is 5.31. The monoisotopic (exact) mass is 357 g/mol. The molecule has 1 spiro atoms. The zero-order valence-corrected chi connectivity index (χ0v) is 15.0. The lowest BCUT2D eigenvalue weighted by atomic mass is 9.69. The number of nitrogens with zero attached hydrogens (tertiary/aromatic N) is 1. The van der Waals surface area contributed by atoms with Crippen LogP contribution in [0.1, 0.15) is 17.5 Å². The Balaban J connectivity index is 1.88. The van der Waals surface area contributed by atoms with Crippen molar-refractivity contribution in [3.63, 3.8) is 0 Å². The van der Waals surface area contributed by atoms with Gasteiger partial charge in [-0.15, -0.1) is 0 Å². The summed E-state index contributed by atoms with van der Waals surface area (Å²) in [7, 11) is 1.35. The summed E-state index contributed by atoms with van der Waals surface area (Å²) in [6.45, 7) is 0.806. The number of carbonyl (C=O) groups is 1. The average molecular weight is 357 g/mol. The molecule has 0 radical (unpaired) electrons. The van der Waals surface area contributed by atoms with Crippen LogP contribution in [0.4, 0.5) is 5.69 Å². The number of benzene rings is 2. The van der Waals surface area contributed by atoms with E-state index in [1.807, 2.05) is 48.5 Å². The highest BCUT2D eigenvalue weighted by molar-refractivity contribution is 6.03.